The number of hydrogen-bond donors (Lipinski definition) is 0. The van der Waals surface area contributed by atoms with E-state index < -0.39 is 0 Å². The molecule has 1 atom stereocenters. The average molecular weight is 204 g/mol. The van der Waals surface area contributed by atoms with Gasteiger partial charge in [-0.05, 0) is 24.8 Å². The van der Waals surface area contributed by atoms with Crippen LogP contribution in [0.25, 0.3) is 0 Å². The van der Waals surface area contributed by atoms with Crippen LogP contribution in [0.4, 0.5) is 0 Å². The van der Waals surface area contributed by atoms with Crippen LogP contribution in [0.15, 0.2) is 28.4 Å². The third kappa shape index (κ3) is 1.73. The molecule has 0 saturated heterocycles. The van der Waals surface area contributed by atoms with Crippen molar-refractivity contribution in [1.29, 1.82) is 0 Å². The molecule has 0 N–H and O–H groups in total. The first-order chi connectivity index (χ1) is 7.03. The summed E-state index contributed by atoms with van der Waals surface area (Å²) in [5, 5.41) is 0. The van der Waals surface area contributed by atoms with Crippen molar-refractivity contribution < 1.29 is 0 Å². The summed E-state index contributed by atoms with van der Waals surface area (Å²) < 4.78 is 0. The van der Waals surface area contributed by atoms with Crippen molar-refractivity contribution in [1.82, 2.24) is 4.90 Å². The van der Waals surface area contributed by atoms with Gasteiger partial charge in [0.1, 0.15) is 0 Å². The fraction of sp³-hybridized carbons (Fsp3) is 0.615. The van der Waals surface area contributed by atoms with Gasteiger partial charge in [0.05, 0.1) is 11.2 Å². The fourth-order valence-corrected chi connectivity index (χ4v) is 1.99. The molecule has 2 rings (SSSR count). The summed E-state index contributed by atoms with van der Waals surface area (Å²) in [5.41, 5.74) is 2.70. The topological polar surface area (TPSA) is 15.6 Å². The van der Waals surface area contributed by atoms with Crippen molar-refractivity contribution in [3.8, 4) is 0 Å². The van der Waals surface area contributed by atoms with Crippen molar-refractivity contribution in [3.63, 3.8) is 0 Å². The third-order valence-corrected chi connectivity index (χ3v) is 3.71. The van der Waals surface area contributed by atoms with Gasteiger partial charge in [-0.25, -0.2) is 0 Å². The van der Waals surface area contributed by atoms with E-state index in [-0.39, 0.29) is 5.54 Å². The van der Waals surface area contributed by atoms with E-state index in [2.05, 4.69) is 51.1 Å². The molecule has 0 aliphatic carbocycles. The van der Waals surface area contributed by atoms with Crippen molar-refractivity contribution in [2.75, 3.05) is 13.6 Å². The van der Waals surface area contributed by atoms with Crippen LogP contribution in [0.1, 0.15) is 27.2 Å². The Hall–Kier alpha value is -1.05. The van der Waals surface area contributed by atoms with E-state index in [0.29, 0.717) is 5.92 Å². The predicted molar refractivity (Wildman–Crippen MR) is 65.1 cm³/mol. The lowest BCUT2D eigenvalue weighted by molar-refractivity contribution is 0.422. The molecule has 0 aromatic heterocycles. The first-order valence-corrected chi connectivity index (χ1v) is 5.72. The Labute approximate surface area is 92.4 Å². The van der Waals surface area contributed by atoms with Crippen molar-refractivity contribution in [3.05, 3.63) is 23.4 Å². The molecule has 0 fully saturated rings. The van der Waals surface area contributed by atoms with Gasteiger partial charge in [-0.3, -0.25) is 4.99 Å². The first kappa shape index (κ1) is 10.5. The molecule has 0 saturated carbocycles. The van der Waals surface area contributed by atoms with E-state index in [1.807, 2.05) is 0 Å². The standard InChI is InChI=1S/C13H20N2/c1-10(2)13(3)7-5-11-6-8-15(4)12(11)9-14-13/h5,7,9-10H,6,8H2,1-4H3. The molecule has 2 heterocycles. The number of aliphatic imine (C=N–C) groups is 1. The lowest BCUT2D eigenvalue weighted by Gasteiger charge is -2.25. The highest BCUT2D eigenvalue weighted by Crippen LogP contribution is 2.30. The van der Waals surface area contributed by atoms with Crippen LogP contribution in [-0.2, 0) is 0 Å². The van der Waals surface area contributed by atoms with Gasteiger partial charge in [-0.2, -0.15) is 0 Å². The number of rotatable bonds is 1. The zero-order valence-electron chi connectivity index (χ0n) is 10.1. The van der Waals surface area contributed by atoms with Crippen molar-refractivity contribution in [2.45, 2.75) is 32.7 Å². The van der Waals surface area contributed by atoms with Gasteiger partial charge in [0.15, 0.2) is 0 Å². The zero-order chi connectivity index (χ0) is 11.1. The largest absolute Gasteiger partial charge is 0.373 e. The molecule has 0 radical (unpaired) electrons. The monoisotopic (exact) mass is 204 g/mol. The van der Waals surface area contributed by atoms with Gasteiger partial charge in [0.2, 0.25) is 0 Å². The van der Waals surface area contributed by atoms with E-state index >= 15 is 0 Å². The van der Waals surface area contributed by atoms with Gasteiger partial charge in [0, 0.05) is 19.8 Å². The normalized spacial score (nSPS) is 30.1. The Balaban J connectivity index is 2.33. The summed E-state index contributed by atoms with van der Waals surface area (Å²) in [7, 11) is 2.14. The molecule has 2 nitrogen and oxygen atoms in total. The highest BCUT2D eigenvalue weighted by Gasteiger charge is 2.27. The Bertz CT molecular complexity index is 350. The maximum atomic E-state index is 4.74. The summed E-state index contributed by atoms with van der Waals surface area (Å²) in [4.78, 5) is 7.02. The second kappa shape index (κ2) is 3.51. The van der Waals surface area contributed by atoms with Crippen LogP contribution >= 0.6 is 0 Å². The minimum atomic E-state index is -0.0365. The molecule has 1 unspecified atom stereocenters. The van der Waals surface area contributed by atoms with Crippen LogP contribution < -0.4 is 0 Å². The molecule has 0 bridgehead atoms. The van der Waals surface area contributed by atoms with E-state index in [0.717, 1.165) is 13.0 Å². The summed E-state index contributed by atoms with van der Waals surface area (Å²) in [6.07, 6.45) is 7.74. The maximum absolute atomic E-state index is 4.74. The Kier molecular flexibility index (Phi) is 2.45. The molecule has 0 aromatic carbocycles. The smallest absolute Gasteiger partial charge is 0.0786 e. The molecular weight excluding hydrogens is 184 g/mol. The minimum Gasteiger partial charge on any atom is -0.373 e. The van der Waals surface area contributed by atoms with Gasteiger partial charge in [0.25, 0.3) is 0 Å². The molecule has 0 amide bonds. The van der Waals surface area contributed by atoms with Crippen LogP contribution in [0, 0.1) is 5.92 Å². The lowest BCUT2D eigenvalue weighted by Crippen LogP contribution is -2.26. The molecular formula is C13H20N2. The van der Waals surface area contributed by atoms with Crippen LogP contribution in [-0.4, -0.2) is 30.2 Å². The molecule has 82 valence electrons. The molecule has 2 heteroatoms. The van der Waals surface area contributed by atoms with Gasteiger partial charge < -0.3 is 4.90 Å². The second-order valence-corrected chi connectivity index (χ2v) is 5.05. The lowest BCUT2D eigenvalue weighted by atomic mass is 9.88. The molecule has 0 aromatic rings. The maximum Gasteiger partial charge on any atom is 0.0786 e. The quantitative estimate of drug-likeness (QED) is 0.641. The second-order valence-electron chi connectivity index (χ2n) is 5.05. The average Bonchev–Trinajstić information content (AvgIpc) is 2.42. The van der Waals surface area contributed by atoms with Gasteiger partial charge in [-0.15, -0.1) is 0 Å². The summed E-state index contributed by atoms with van der Waals surface area (Å²) >= 11 is 0. The van der Waals surface area contributed by atoms with Crippen molar-refractivity contribution >= 4 is 6.21 Å². The van der Waals surface area contributed by atoms with E-state index in [4.69, 9.17) is 4.99 Å². The Morgan fingerprint density at radius 3 is 2.87 bits per heavy atom. The van der Waals surface area contributed by atoms with E-state index in [1.165, 1.54) is 11.3 Å². The Morgan fingerprint density at radius 2 is 2.20 bits per heavy atom. The number of nitrogens with zero attached hydrogens (tertiary/aromatic N) is 2. The predicted octanol–water partition coefficient (Wildman–Crippen LogP) is 2.63. The van der Waals surface area contributed by atoms with Gasteiger partial charge >= 0.3 is 0 Å². The number of hydrogen-bond acceptors (Lipinski definition) is 2. The number of allylic oxidation sites excluding steroid dienone is 2. The van der Waals surface area contributed by atoms with Gasteiger partial charge in [-0.1, -0.05) is 26.0 Å². The molecule has 15 heavy (non-hydrogen) atoms. The SMILES string of the molecule is CC(C)C1(C)C=CC2=C(C=N1)N(C)CC2. The summed E-state index contributed by atoms with van der Waals surface area (Å²) in [5.74, 6) is 0.537. The molecule has 2 aliphatic heterocycles. The minimum absolute atomic E-state index is 0.0365. The zero-order valence-corrected chi connectivity index (χ0v) is 10.1. The van der Waals surface area contributed by atoms with Crippen LogP contribution in [0.2, 0.25) is 0 Å². The summed E-state index contributed by atoms with van der Waals surface area (Å²) in [6.45, 7) is 7.77. The fourth-order valence-electron chi connectivity index (χ4n) is 1.99. The first-order valence-electron chi connectivity index (χ1n) is 5.72. The highest BCUT2D eigenvalue weighted by molar-refractivity contribution is 5.81. The van der Waals surface area contributed by atoms with E-state index in [1.54, 1.807) is 0 Å². The van der Waals surface area contributed by atoms with Crippen LogP contribution in [0.3, 0.4) is 0 Å². The summed E-state index contributed by atoms with van der Waals surface area (Å²) in [6, 6.07) is 0. The Morgan fingerprint density at radius 1 is 1.47 bits per heavy atom. The third-order valence-electron chi connectivity index (χ3n) is 3.71. The van der Waals surface area contributed by atoms with Crippen molar-refractivity contribution in [2.24, 2.45) is 10.9 Å². The van der Waals surface area contributed by atoms with Crippen LogP contribution in [0.5, 0.6) is 0 Å². The molecule has 0 spiro atoms. The molecule has 2 aliphatic rings. The highest BCUT2D eigenvalue weighted by atomic mass is 15.1. The van der Waals surface area contributed by atoms with E-state index in [9.17, 15) is 0 Å².